The van der Waals surface area contributed by atoms with Crippen molar-refractivity contribution in [3.05, 3.63) is 81.8 Å². The average Bonchev–Trinajstić information content (AvgIpc) is 2.73. The Labute approximate surface area is 187 Å². The van der Waals surface area contributed by atoms with Crippen LogP contribution < -0.4 is 19.5 Å². The third-order valence-corrected chi connectivity index (χ3v) is 4.82. The number of nitrogens with one attached hydrogen (secondary N) is 1. The number of hydrogen-bond acceptors (Lipinski definition) is 4. The molecule has 0 heterocycles. The van der Waals surface area contributed by atoms with Crippen LogP contribution >= 0.6 is 23.2 Å². The van der Waals surface area contributed by atoms with E-state index in [0.717, 1.165) is 22.6 Å². The van der Waals surface area contributed by atoms with Gasteiger partial charge in [0.05, 0.1) is 18.2 Å². The summed E-state index contributed by atoms with van der Waals surface area (Å²) in [4.78, 5) is 0. The van der Waals surface area contributed by atoms with Gasteiger partial charge in [-0.3, -0.25) is 0 Å². The summed E-state index contributed by atoms with van der Waals surface area (Å²) < 4.78 is 17.2. The van der Waals surface area contributed by atoms with Crippen molar-refractivity contribution in [3.8, 4) is 17.2 Å². The number of anilines is 1. The molecule has 0 aromatic heterocycles. The lowest BCUT2D eigenvalue weighted by atomic mass is 10.2. The third kappa shape index (κ3) is 6.22. The molecule has 0 amide bonds. The van der Waals surface area contributed by atoms with Gasteiger partial charge in [-0.25, -0.2) is 0 Å². The molecule has 0 saturated carbocycles. The Hall–Kier alpha value is -2.56. The van der Waals surface area contributed by atoms with Gasteiger partial charge in [0.2, 0.25) is 0 Å². The van der Waals surface area contributed by atoms with E-state index in [9.17, 15) is 0 Å². The van der Waals surface area contributed by atoms with Gasteiger partial charge in [-0.05, 0) is 73.5 Å². The van der Waals surface area contributed by atoms with Crippen LogP contribution in [0.1, 0.15) is 25.0 Å². The zero-order chi connectivity index (χ0) is 21.3. The molecule has 0 aliphatic carbocycles. The van der Waals surface area contributed by atoms with Gasteiger partial charge < -0.3 is 19.5 Å². The van der Waals surface area contributed by atoms with E-state index in [1.807, 2.05) is 74.5 Å². The van der Waals surface area contributed by atoms with Crippen LogP contribution in [0.25, 0.3) is 0 Å². The summed E-state index contributed by atoms with van der Waals surface area (Å²) in [7, 11) is 0. The molecule has 0 fully saturated rings. The van der Waals surface area contributed by atoms with Crippen LogP contribution in [0.4, 0.5) is 5.69 Å². The van der Waals surface area contributed by atoms with Crippen molar-refractivity contribution in [2.75, 3.05) is 18.5 Å². The molecule has 3 aromatic carbocycles. The normalized spacial score (nSPS) is 10.5. The van der Waals surface area contributed by atoms with Gasteiger partial charge in [0, 0.05) is 17.3 Å². The lowest BCUT2D eigenvalue weighted by molar-refractivity contribution is 0.269. The molecule has 158 valence electrons. The fraction of sp³-hybridized carbons (Fsp3) is 0.250. The molecule has 0 atom stereocenters. The zero-order valence-electron chi connectivity index (χ0n) is 17.1. The number of hydrogen-bond donors (Lipinski definition) is 1. The van der Waals surface area contributed by atoms with E-state index in [0.29, 0.717) is 47.9 Å². The molecule has 1 N–H and O–H groups in total. The highest BCUT2D eigenvalue weighted by molar-refractivity contribution is 6.32. The van der Waals surface area contributed by atoms with E-state index in [2.05, 4.69) is 5.32 Å². The monoisotopic (exact) mass is 445 g/mol. The highest BCUT2D eigenvalue weighted by Gasteiger charge is 2.13. The first-order valence-electron chi connectivity index (χ1n) is 9.88. The lowest BCUT2D eigenvalue weighted by Gasteiger charge is -2.16. The smallest absolute Gasteiger partial charge is 0.180 e. The number of halogens is 2. The highest BCUT2D eigenvalue weighted by Crippen LogP contribution is 2.37. The predicted octanol–water partition coefficient (Wildman–Crippen LogP) is 6.98. The summed E-state index contributed by atoms with van der Waals surface area (Å²) in [5.74, 6) is 2.00. The molecule has 3 aromatic rings. The Kier molecular flexibility index (Phi) is 8.12. The van der Waals surface area contributed by atoms with Crippen molar-refractivity contribution < 1.29 is 14.2 Å². The second-order valence-corrected chi connectivity index (χ2v) is 7.41. The molecule has 0 radical (unpaired) electrons. The molecule has 0 spiro atoms. The van der Waals surface area contributed by atoms with Gasteiger partial charge in [0.25, 0.3) is 0 Å². The van der Waals surface area contributed by atoms with Crippen molar-refractivity contribution in [3.63, 3.8) is 0 Å². The Morgan fingerprint density at radius 2 is 1.57 bits per heavy atom. The van der Waals surface area contributed by atoms with E-state index in [-0.39, 0.29) is 0 Å². The quantitative estimate of drug-likeness (QED) is 0.365. The summed E-state index contributed by atoms with van der Waals surface area (Å²) in [6.45, 7) is 6.01. The van der Waals surface area contributed by atoms with Gasteiger partial charge in [-0.2, -0.15) is 0 Å². The fourth-order valence-electron chi connectivity index (χ4n) is 2.95. The van der Waals surface area contributed by atoms with Gasteiger partial charge in [-0.15, -0.1) is 0 Å². The molecular formula is C24H25Cl2NO3. The molecule has 0 saturated heterocycles. The molecule has 0 bridgehead atoms. The lowest BCUT2D eigenvalue weighted by Crippen LogP contribution is -2.04. The maximum atomic E-state index is 6.53. The Morgan fingerprint density at radius 3 is 2.27 bits per heavy atom. The van der Waals surface area contributed by atoms with Crippen LogP contribution in [-0.2, 0) is 13.2 Å². The molecule has 3 rings (SSSR count). The maximum absolute atomic E-state index is 6.53. The summed E-state index contributed by atoms with van der Waals surface area (Å²) in [5.41, 5.74) is 2.95. The van der Waals surface area contributed by atoms with Gasteiger partial charge in [-0.1, -0.05) is 35.3 Å². The fourth-order valence-corrected chi connectivity index (χ4v) is 3.45. The molecule has 30 heavy (non-hydrogen) atoms. The summed E-state index contributed by atoms with van der Waals surface area (Å²) in [5, 5.41) is 4.56. The van der Waals surface area contributed by atoms with E-state index < -0.39 is 0 Å². The number of rotatable bonds is 10. The minimum absolute atomic E-state index is 0.351. The topological polar surface area (TPSA) is 39.7 Å². The van der Waals surface area contributed by atoms with Crippen LogP contribution in [0.5, 0.6) is 17.2 Å². The SMILES string of the molecule is CCOc1ccc(NCc2cc(Cl)c(OCc3cccc(Cl)c3)c(OCC)c2)cc1. The molecular weight excluding hydrogens is 421 g/mol. The largest absolute Gasteiger partial charge is 0.494 e. The van der Waals surface area contributed by atoms with Crippen LogP contribution in [-0.4, -0.2) is 13.2 Å². The minimum Gasteiger partial charge on any atom is -0.494 e. The van der Waals surface area contributed by atoms with E-state index >= 15 is 0 Å². The second-order valence-electron chi connectivity index (χ2n) is 6.57. The first-order chi connectivity index (χ1) is 14.6. The predicted molar refractivity (Wildman–Crippen MR) is 123 cm³/mol. The van der Waals surface area contributed by atoms with E-state index in [4.69, 9.17) is 37.4 Å². The third-order valence-electron chi connectivity index (χ3n) is 4.30. The van der Waals surface area contributed by atoms with Crippen LogP contribution in [0, 0.1) is 0 Å². The van der Waals surface area contributed by atoms with Gasteiger partial charge >= 0.3 is 0 Å². The van der Waals surface area contributed by atoms with Crippen LogP contribution in [0.15, 0.2) is 60.7 Å². The van der Waals surface area contributed by atoms with Crippen molar-refractivity contribution >= 4 is 28.9 Å². The van der Waals surface area contributed by atoms with Gasteiger partial charge in [0.1, 0.15) is 12.4 Å². The first-order valence-corrected chi connectivity index (χ1v) is 10.6. The van der Waals surface area contributed by atoms with E-state index in [1.165, 1.54) is 0 Å². The summed E-state index contributed by atoms with van der Waals surface area (Å²) >= 11 is 12.6. The Bertz CT molecular complexity index is 961. The first kappa shape index (κ1) is 22.1. The zero-order valence-corrected chi connectivity index (χ0v) is 18.6. The van der Waals surface area contributed by atoms with Crippen molar-refractivity contribution in [1.82, 2.24) is 0 Å². The molecule has 6 heteroatoms. The number of ether oxygens (including phenoxy) is 3. The summed E-state index contributed by atoms with van der Waals surface area (Å²) in [6.07, 6.45) is 0. The number of benzene rings is 3. The standard InChI is InChI=1S/C24H25Cl2NO3/c1-3-28-21-10-8-20(9-11-21)27-15-18-13-22(26)24(23(14-18)29-4-2)30-16-17-6-5-7-19(25)12-17/h5-14,27H,3-4,15-16H2,1-2H3. The van der Waals surface area contributed by atoms with Crippen molar-refractivity contribution in [2.45, 2.75) is 27.0 Å². The maximum Gasteiger partial charge on any atom is 0.180 e. The van der Waals surface area contributed by atoms with Gasteiger partial charge in [0.15, 0.2) is 11.5 Å². The van der Waals surface area contributed by atoms with Crippen LogP contribution in [0.3, 0.4) is 0 Å². The Balaban J connectivity index is 1.70. The molecule has 0 aliphatic rings. The molecule has 4 nitrogen and oxygen atoms in total. The highest BCUT2D eigenvalue weighted by atomic mass is 35.5. The molecule has 0 aliphatic heterocycles. The Morgan fingerprint density at radius 1 is 0.800 bits per heavy atom. The van der Waals surface area contributed by atoms with Crippen LogP contribution in [0.2, 0.25) is 10.0 Å². The van der Waals surface area contributed by atoms with Crippen molar-refractivity contribution in [1.29, 1.82) is 0 Å². The second kappa shape index (κ2) is 11.0. The average molecular weight is 446 g/mol. The molecule has 0 unspecified atom stereocenters. The van der Waals surface area contributed by atoms with Crippen molar-refractivity contribution in [2.24, 2.45) is 0 Å². The minimum atomic E-state index is 0.351. The van der Waals surface area contributed by atoms with E-state index in [1.54, 1.807) is 0 Å². The summed E-state index contributed by atoms with van der Waals surface area (Å²) in [6, 6.07) is 19.2.